The molecule has 0 atom stereocenters. The first-order valence-corrected chi connectivity index (χ1v) is 16.5. The first kappa shape index (κ1) is 25.5. The van der Waals surface area contributed by atoms with E-state index in [1.165, 1.54) is 31.2 Å². The molecule has 196 valence electrons. The molecule has 1 fully saturated rings. The number of halogens is 1. The molecule has 4 aromatic rings. The molecule has 5 rings (SSSR count). The van der Waals surface area contributed by atoms with Gasteiger partial charge in [0.2, 0.25) is 0 Å². The molecule has 0 spiro atoms. The highest BCUT2D eigenvalue weighted by molar-refractivity contribution is 6.76. The number of carboxylic acid groups (broad SMARTS) is 1. The van der Waals surface area contributed by atoms with E-state index < -0.39 is 14.0 Å². The Morgan fingerprint density at radius 3 is 2.70 bits per heavy atom. The summed E-state index contributed by atoms with van der Waals surface area (Å²) in [6, 6.07) is 5.60. The van der Waals surface area contributed by atoms with Gasteiger partial charge in [-0.05, 0) is 50.2 Å². The van der Waals surface area contributed by atoms with Gasteiger partial charge in [-0.1, -0.05) is 19.6 Å². The second-order valence-electron chi connectivity index (χ2n) is 10.9. The third-order valence-corrected chi connectivity index (χ3v) is 8.51. The minimum absolute atomic E-state index is 0.0574. The maximum Gasteiger partial charge on any atom is 0.339 e. The van der Waals surface area contributed by atoms with E-state index >= 15 is 0 Å². The number of hydrogen-bond donors (Lipinski definition) is 1. The first-order valence-electron chi connectivity index (χ1n) is 12.8. The molecule has 11 heteroatoms. The lowest BCUT2D eigenvalue weighted by atomic mass is 10.1. The molecule has 0 aliphatic carbocycles. The van der Waals surface area contributed by atoms with Crippen molar-refractivity contribution in [2.24, 2.45) is 0 Å². The van der Waals surface area contributed by atoms with E-state index in [0.717, 1.165) is 31.1 Å². The van der Waals surface area contributed by atoms with Crippen LogP contribution in [0.2, 0.25) is 25.7 Å². The van der Waals surface area contributed by atoms with Gasteiger partial charge < -0.3 is 19.3 Å². The second-order valence-corrected chi connectivity index (χ2v) is 16.5. The zero-order chi connectivity index (χ0) is 26.2. The molecular formula is C26H33FN6O3Si. The molecule has 0 unspecified atom stereocenters. The molecule has 37 heavy (non-hydrogen) atoms. The molecule has 0 amide bonds. The van der Waals surface area contributed by atoms with Crippen molar-refractivity contribution in [3.05, 3.63) is 42.0 Å². The van der Waals surface area contributed by atoms with E-state index in [0.29, 0.717) is 35.7 Å². The monoisotopic (exact) mass is 524 g/mol. The molecule has 0 saturated carbocycles. The third kappa shape index (κ3) is 5.58. The number of hydrogen-bond acceptors (Lipinski definition) is 6. The lowest BCUT2D eigenvalue weighted by Gasteiger charge is -2.15. The summed E-state index contributed by atoms with van der Waals surface area (Å²) in [5, 5.41) is 15.4. The van der Waals surface area contributed by atoms with Crippen molar-refractivity contribution in [1.29, 1.82) is 0 Å². The number of nitrogens with zero attached hydrogens (tertiary/aromatic N) is 6. The molecule has 1 N–H and O–H groups in total. The number of carboxylic acids is 1. The number of carbonyl (C=O) groups is 1. The predicted octanol–water partition coefficient (Wildman–Crippen LogP) is 4.69. The summed E-state index contributed by atoms with van der Waals surface area (Å²) in [7, 11) is -1.24. The van der Waals surface area contributed by atoms with E-state index in [-0.39, 0.29) is 23.6 Å². The van der Waals surface area contributed by atoms with Crippen LogP contribution in [0.5, 0.6) is 0 Å². The second kappa shape index (κ2) is 10.3. The average molecular weight is 525 g/mol. The Bertz CT molecular complexity index is 1440. The lowest BCUT2D eigenvalue weighted by molar-refractivity contribution is 0.0696. The molecule has 3 aromatic heterocycles. The van der Waals surface area contributed by atoms with Gasteiger partial charge in [0.15, 0.2) is 5.65 Å². The molecule has 4 heterocycles. The van der Waals surface area contributed by atoms with Crippen LogP contribution in [0.15, 0.2) is 30.6 Å². The zero-order valence-corrected chi connectivity index (χ0v) is 22.6. The Balaban J connectivity index is 1.48. The molecule has 0 radical (unpaired) electrons. The highest BCUT2D eigenvalue weighted by atomic mass is 28.3. The highest BCUT2D eigenvalue weighted by Gasteiger charge is 2.21. The fourth-order valence-electron chi connectivity index (χ4n) is 4.71. The van der Waals surface area contributed by atoms with Gasteiger partial charge in [0, 0.05) is 32.8 Å². The molecule has 1 aliphatic heterocycles. The Morgan fingerprint density at radius 2 is 1.97 bits per heavy atom. The maximum absolute atomic E-state index is 14.2. The van der Waals surface area contributed by atoms with Gasteiger partial charge >= 0.3 is 5.97 Å². The quantitative estimate of drug-likeness (QED) is 0.237. The number of aromatic nitrogens is 5. The average Bonchev–Trinajstić information content (AvgIpc) is 3.57. The largest absolute Gasteiger partial charge is 0.478 e. The Hall–Kier alpha value is -3.15. The van der Waals surface area contributed by atoms with Crippen LogP contribution in [0.1, 0.15) is 23.2 Å². The van der Waals surface area contributed by atoms with Gasteiger partial charge in [-0.25, -0.2) is 19.2 Å². The number of benzene rings is 1. The standard InChI is InChI=1S/C26H33FN6O3Si/c1-37(2,3)13-12-36-17-32-16-20(26(34)35)24-25(32)28-15-21(29-24)23-19-7-6-18(27)14-22(19)33(30-23)11-10-31-8-4-5-9-31/h6-7,14-16H,4-5,8-13,17H2,1-3H3,(H,34,35). The summed E-state index contributed by atoms with van der Waals surface area (Å²) in [6.07, 6.45) is 5.52. The van der Waals surface area contributed by atoms with Crippen LogP contribution >= 0.6 is 0 Å². The van der Waals surface area contributed by atoms with E-state index in [4.69, 9.17) is 9.84 Å². The number of aromatic carboxylic acids is 1. The third-order valence-electron chi connectivity index (χ3n) is 6.81. The van der Waals surface area contributed by atoms with Crippen LogP contribution < -0.4 is 0 Å². The number of likely N-dealkylation sites (tertiary alicyclic amines) is 1. The topological polar surface area (TPSA) is 98.3 Å². The molecule has 9 nitrogen and oxygen atoms in total. The van der Waals surface area contributed by atoms with Crippen molar-refractivity contribution in [2.75, 3.05) is 26.2 Å². The fourth-order valence-corrected chi connectivity index (χ4v) is 5.47. The van der Waals surface area contributed by atoms with E-state index in [9.17, 15) is 14.3 Å². The van der Waals surface area contributed by atoms with Crippen LogP contribution in [0, 0.1) is 5.82 Å². The van der Waals surface area contributed by atoms with Crippen LogP contribution in [0.25, 0.3) is 33.5 Å². The Labute approximate surface area is 215 Å². The van der Waals surface area contributed by atoms with Gasteiger partial charge in [-0.15, -0.1) is 0 Å². The Kier molecular flexibility index (Phi) is 7.10. The first-order chi connectivity index (χ1) is 17.7. The fraction of sp³-hybridized carbons (Fsp3) is 0.462. The van der Waals surface area contributed by atoms with Crippen LogP contribution in [0.3, 0.4) is 0 Å². The van der Waals surface area contributed by atoms with Gasteiger partial charge in [-0.3, -0.25) is 4.68 Å². The smallest absolute Gasteiger partial charge is 0.339 e. The summed E-state index contributed by atoms with van der Waals surface area (Å²) in [4.78, 5) is 23.7. The van der Waals surface area contributed by atoms with Gasteiger partial charge in [0.1, 0.15) is 35.0 Å². The lowest BCUT2D eigenvalue weighted by Crippen LogP contribution is -2.24. The Morgan fingerprint density at radius 1 is 1.19 bits per heavy atom. The minimum atomic E-state index is -1.24. The van der Waals surface area contributed by atoms with Crippen molar-refractivity contribution in [3.8, 4) is 11.4 Å². The molecule has 1 saturated heterocycles. The van der Waals surface area contributed by atoms with Crippen LogP contribution in [-0.2, 0) is 18.0 Å². The number of rotatable bonds is 10. The summed E-state index contributed by atoms with van der Waals surface area (Å²) in [5.74, 6) is -1.41. The minimum Gasteiger partial charge on any atom is -0.478 e. The number of fused-ring (bicyclic) bond motifs is 2. The molecule has 1 aliphatic rings. The maximum atomic E-state index is 14.2. The highest BCUT2D eigenvalue weighted by Crippen LogP contribution is 2.29. The molecule has 0 bridgehead atoms. The molecular weight excluding hydrogens is 491 g/mol. The van der Waals surface area contributed by atoms with Gasteiger partial charge in [-0.2, -0.15) is 5.10 Å². The summed E-state index contributed by atoms with van der Waals surface area (Å²) in [6.45, 7) is 11.3. The van der Waals surface area contributed by atoms with Crippen LogP contribution in [-0.4, -0.2) is 74.6 Å². The van der Waals surface area contributed by atoms with Crippen molar-refractivity contribution in [3.63, 3.8) is 0 Å². The zero-order valence-electron chi connectivity index (χ0n) is 21.6. The summed E-state index contributed by atoms with van der Waals surface area (Å²) >= 11 is 0. The van der Waals surface area contributed by atoms with Crippen molar-refractivity contribution >= 4 is 36.1 Å². The predicted molar refractivity (Wildman–Crippen MR) is 143 cm³/mol. The van der Waals surface area contributed by atoms with E-state index in [2.05, 4.69) is 34.5 Å². The normalized spacial score (nSPS) is 14.8. The molecule has 1 aromatic carbocycles. The van der Waals surface area contributed by atoms with Crippen molar-refractivity contribution in [1.82, 2.24) is 29.2 Å². The van der Waals surface area contributed by atoms with E-state index in [1.54, 1.807) is 16.8 Å². The van der Waals surface area contributed by atoms with E-state index in [1.807, 2.05) is 4.68 Å². The SMILES string of the molecule is C[Si](C)(C)CCOCn1cc(C(=O)O)c2nc(-c3nn(CCN4CCCC4)c4cc(F)ccc34)cnc21. The summed E-state index contributed by atoms with van der Waals surface area (Å²) in [5.41, 5.74) is 2.47. The number of ether oxygens (including phenoxy) is 1. The van der Waals surface area contributed by atoms with Gasteiger partial charge in [0.05, 0.1) is 18.3 Å². The van der Waals surface area contributed by atoms with Gasteiger partial charge in [0.25, 0.3) is 0 Å². The van der Waals surface area contributed by atoms with Crippen molar-refractivity contribution in [2.45, 2.75) is 51.8 Å². The van der Waals surface area contributed by atoms with Crippen molar-refractivity contribution < 1.29 is 19.0 Å². The summed E-state index contributed by atoms with van der Waals surface area (Å²) < 4.78 is 23.5. The van der Waals surface area contributed by atoms with Crippen LogP contribution in [0.4, 0.5) is 4.39 Å².